The van der Waals surface area contributed by atoms with Gasteiger partial charge in [0.25, 0.3) is 10.0 Å². The molecule has 0 aliphatic heterocycles. The zero-order chi connectivity index (χ0) is 23.4. The predicted molar refractivity (Wildman–Crippen MR) is 115 cm³/mol. The Bertz CT molecular complexity index is 1170. The van der Waals surface area contributed by atoms with Crippen molar-refractivity contribution in [3.05, 3.63) is 96.1 Å². The molecule has 0 fully saturated rings. The minimum absolute atomic E-state index is 0.138. The molecular formula is C23H21F3N2O3S. The molecule has 1 amide bonds. The Morgan fingerprint density at radius 3 is 2.12 bits per heavy atom. The maximum atomic E-state index is 13.2. The van der Waals surface area contributed by atoms with Crippen molar-refractivity contribution in [2.45, 2.75) is 24.0 Å². The molecule has 0 unspecified atom stereocenters. The molecule has 0 aliphatic carbocycles. The zero-order valence-electron chi connectivity index (χ0n) is 17.1. The molecule has 168 valence electrons. The van der Waals surface area contributed by atoms with Gasteiger partial charge in [-0.1, -0.05) is 54.6 Å². The van der Waals surface area contributed by atoms with Crippen LogP contribution in [-0.2, 0) is 21.0 Å². The van der Waals surface area contributed by atoms with Crippen LogP contribution in [0.15, 0.2) is 89.8 Å². The molecule has 3 rings (SSSR count). The van der Waals surface area contributed by atoms with Gasteiger partial charge in [-0.15, -0.1) is 0 Å². The summed E-state index contributed by atoms with van der Waals surface area (Å²) in [6.45, 7) is 1.04. The van der Waals surface area contributed by atoms with E-state index in [2.05, 4.69) is 5.32 Å². The third kappa shape index (κ3) is 5.47. The molecule has 0 spiro atoms. The van der Waals surface area contributed by atoms with Crippen LogP contribution in [0.4, 0.5) is 18.9 Å². The molecule has 5 nitrogen and oxygen atoms in total. The third-order valence-corrected chi connectivity index (χ3v) is 6.55. The topological polar surface area (TPSA) is 66.5 Å². The Kier molecular flexibility index (Phi) is 6.88. The van der Waals surface area contributed by atoms with Gasteiger partial charge >= 0.3 is 6.18 Å². The summed E-state index contributed by atoms with van der Waals surface area (Å²) in [7, 11) is -4.31. The number of benzene rings is 3. The number of carbonyl (C=O) groups is 1. The number of amides is 1. The third-order valence-electron chi connectivity index (χ3n) is 4.76. The van der Waals surface area contributed by atoms with Crippen molar-refractivity contribution < 1.29 is 26.4 Å². The molecule has 32 heavy (non-hydrogen) atoms. The SMILES string of the molecule is C[C@H](NC(=O)CN(c1cccc(C(F)(F)F)c1)S(=O)(=O)c1ccccc1)c1ccccc1. The smallest absolute Gasteiger partial charge is 0.348 e. The Morgan fingerprint density at radius 1 is 0.938 bits per heavy atom. The van der Waals surface area contributed by atoms with Gasteiger partial charge in [-0.25, -0.2) is 8.42 Å². The first-order chi connectivity index (χ1) is 15.1. The number of nitrogens with zero attached hydrogens (tertiary/aromatic N) is 1. The lowest BCUT2D eigenvalue weighted by molar-refractivity contribution is -0.137. The number of carbonyl (C=O) groups excluding carboxylic acids is 1. The van der Waals surface area contributed by atoms with Gasteiger partial charge < -0.3 is 5.32 Å². The summed E-state index contributed by atoms with van der Waals surface area (Å²) in [5.41, 5.74) is -0.468. The van der Waals surface area contributed by atoms with E-state index in [1.807, 2.05) is 6.07 Å². The Hall–Kier alpha value is -3.33. The van der Waals surface area contributed by atoms with E-state index < -0.39 is 40.3 Å². The average molecular weight is 462 g/mol. The van der Waals surface area contributed by atoms with Crippen molar-refractivity contribution in [3.63, 3.8) is 0 Å². The fourth-order valence-corrected chi connectivity index (χ4v) is 4.55. The fraction of sp³-hybridized carbons (Fsp3) is 0.174. The summed E-state index contributed by atoms with van der Waals surface area (Å²) in [6.07, 6.45) is -4.66. The first-order valence-electron chi connectivity index (χ1n) is 9.68. The highest BCUT2D eigenvalue weighted by molar-refractivity contribution is 7.92. The van der Waals surface area contributed by atoms with E-state index in [-0.39, 0.29) is 10.6 Å². The summed E-state index contributed by atoms with van der Waals surface area (Å²) in [5.74, 6) is -0.654. The van der Waals surface area contributed by atoms with E-state index in [9.17, 15) is 26.4 Å². The van der Waals surface area contributed by atoms with Gasteiger partial charge in [0.2, 0.25) is 5.91 Å². The number of hydrogen-bond donors (Lipinski definition) is 1. The van der Waals surface area contributed by atoms with Gasteiger partial charge in [0.15, 0.2) is 0 Å². The standard InChI is InChI=1S/C23H21F3N2O3S/c1-17(18-9-4-2-5-10-18)27-22(29)16-28(32(30,31)21-13-6-3-7-14-21)20-12-8-11-19(15-20)23(24,25)26/h2-15,17H,16H2,1H3,(H,27,29)/t17-/m0/s1. The number of alkyl halides is 3. The van der Waals surface area contributed by atoms with Crippen molar-refractivity contribution in [3.8, 4) is 0 Å². The second-order valence-corrected chi connectivity index (χ2v) is 8.94. The summed E-state index contributed by atoms with van der Waals surface area (Å²) >= 11 is 0. The molecule has 0 saturated carbocycles. The van der Waals surface area contributed by atoms with Gasteiger partial charge in [0, 0.05) is 0 Å². The summed E-state index contributed by atoms with van der Waals surface area (Å²) < 4.78 is 66.9. The van der Waals surface area contributed by atoms with Crippen molar-refractivity contribution in [1.82, 2.24) is 5.32 Å². The van der Waals surface area contributed by atoms with Crippen molar-refractivity contribution in [2.75, 3.05) is 10.8 Å². The molecule has 1 N–H and O–H groups in total. The number of rotatable bonds is 7. The van der Waals surface area contributed by atoms with E-state index in [4.69, 9.17) is 0 Å². The van der Waals surface area contributed by atoms with Crippen LogP contribution in [0.25, 0.3) is 0 Å². The molecule has 0 saturated heterocycles. The molecule has 3 aromatic rings. The fourth-order valence-electron chi connectivity index (χ4n) is 3.11. The number of nitrogens with one attached hydrogen (secondary N) is 1. The van der Waals surface area contributed by atoms with Crippen LogP contribution in [0.5, 0.6) is 0 Å². The monoisotopic (exact) mass is 462 g/mol. The normalized spacial score (nSPS) is 12.8. The lowest BCUT2D eigenvalue weighted by atomic mass is 10.1. The van der Waals surface area contributed by atoms with E-state index in [1.54, 1.807) is 37.3 Å². The molecule has 9 heteroatoms. The minimum atomic E-state index is -4.66. The molecule has 0 bridgehead atoms. The Labute approximate surface area is 184 Å². The molecule has 3 aromatic carbocycles. The van der Waals surface area contributed by atoms with Crippen LogP contribution in [0.1, 0.15) is 24.1 Å². The largest absolute Gasteiger partial charge is 0.416 e. The highest BCUT2D eigenvalue weighted by atomic mass is 32.2. The first kappa shape index (κ1) is 23.3. The van der Waals surface area contributed by atoms with Crippen molar-refractivity contribution in [2.24, 2.45) is 0 Å². The van der Waals surface area contributed by atoms with Crippen LogP contribution in [0.2, 0.25) is 0 Å². The Balaban J connectivity index is 1.95. The van der Waals surface area contributed by atoms with Crippen LogP contribution < -0.4 is 9.62 Å². The van der Waals surface area contributed by atoms with Gasteiger partial charge in [-0.3, -0.25) is 9.10 Å². The summed E-state index contributed by atoms with van der Waals surface area (Å²) in [5, 5.41) is 2.70. The highest BCUT2D eigenvalue weighted by Crippen LogP contribution is 2.33. The summed E-state index contributed by atoms with van der Waals surface area (Å²) in [4.78, 5) is 12.6. The van der Waals surface area contributed by atoms with Crippen molar-refractivity contribution in [1.29, 1.82) is 0 Å². The second kappa shape index (κ2) is 9.44. The molecule has 1 atom stereocenters. The maximum absolute atomic E-state index is 13.2. The summed E-state index contributed by atoms with van der Waals surface area (Å²) in [6, 6.07) is 19.7. The van der Waals surface area contributed by atoms with Gasteiger partial charge in [-0.2, -0.15) is 13.2 Å². The second-order valence-electron chi connectivity index (χ2n) is 7.07. The first-order valence-corrected chi connectivity index (χ1v) is 11.1. The molecular weight excluding hydrogens is 441 g/mol. The van der Waals surface area contributed by atoms with Gasteiger partial charge in [-0.05, 0) is 42.8 Å². The minimum Gasteiger partial charge on any atom is -0.348 e. The number of anilines is 1. The van der Waals surface area contributed by atoms with Crippen LogP contribution in [-0.4, -0.2) is 20.9 Å². The van der Waals surface area contributed by atoms with E-state index in [0.717, 1.165) is 17.7 Å². The average Bonchev–Trinajstić information content (AvgIpc) is 2.78. The van der Waals surface area contributed by atoms with E-state index in [1.165, 1.54) is 30.3 Å². The van der Waals surface area contributed by atoms with Gasteiger partial charge in [0.1, 0.15) is 6.54 Å². The van der Waals surface area contributed by atoms with Crippen LogP contribution >= 0.6 is 0 Å². The van der Waals surface area contributed by atoms with E-state index in [0.29, 0.717) is 10.4 Å². The number of halogens is 3. The van der Waals surface area contributed by atoms with Gasteiger partial charge in [0.05, 0.1) is 22.2 Å². The quantitative estimate of drug-likeness (QED) is 0.550. The Morgan fingerprint density at radius 2 is 1.53 bits per heavy atom. The maximum Gasteiger partial charge on any atom is 0.416 e. The zero-order valence-corrected chi connectivity index (χ0v) is 17.9. The van der Waals surface area contributed by atoms with Crippen LogP contribution in [0.3, 0.4) is 0 Å². The number of sulfonamides is 1. The van der Waals surface area contributed by atoms with Crippen molar-refractivity contribution >= 4 is 21.6 Å². The molecule has 0 aromatic heterocycles. The lowest BCUT2D eigenvalue weighted by Crippen LogP contribution is -2.41. The van der Waals surface area contributed by atoms with E-state index >= 15 is 0 Å². The van der Waals surface area contributed by atoms with Crippen LogP contribution in [0, 0.1) is 0 Å². The molecule has 0 radical (unpaired) electrons. The predicted octanol–water partition coefficient (Wildman–Crippen LogP) is 4.78. The molecule has 0 heterocycles. The molecule has 0 aliphatic rings. The number of hydrogen-bond acceptors (Lipinski definition) is 3. The highest BCUT2D eigenvalue weighted by Gasteiger charge is 2.33. The lowest BCUT2D eigenvalue weighted by Gasteiger charge is -2.25.